The van der Waals surface area contributed by atoms with Crippen molar-refractivity contribution in [3.05, 3.63) is 23.8 Å². The van der Waals surface area contributed by atoms with Crippen LogP contribution in [0, 0.1) is 0 Å². The van der Waals surface area contributed by atoms with Gasteiger partial charge in [0.2, 0.25) is 0 Å². The first-order chi connectivity index (χ1) is 10.6. The van der Waals surface area contributed by atoms with Crippen LogP contribution in [0.2, 0.25) is 0 Å². The summed E-state index contributed by atoms with van der Waals surface area (Å²) in [5.41, 5.74) is 6.64. The minimum Gasteiger partial charge on any atom is -0.482 e. The molecular formula is C16H23N3O3. The van der Waals surface area contributed by atoms with E-state index in [4.69, 9.17) is 10.5 Å². The van der Waals surface area contributed by atoms with E-state index >= 15 is 0 Å². The maximum absolute atomic E-state index is 11.9. The van der Waals surface area contributed by atoms with E-state index < -0.39 is 0 Å². The Morgan fingerprint density at radius 1 is 1.27 bits per heavy atom. The van der Waals surface area contributed by atoms with E-state index in [-0.39, 0.29) is 24.5 Å². The number of nitrogen functional groups attached to an aromatic ring is 1. The third-order valence-electron chi connectivity index (χ3n) is 3.83. The normalized spacial score (nSPS) is 15.1. The minimum absolute atomic E-state index is 0.0694. The number of anilines is 1. The van der Waals surface area contributed by atoms with E-state index in [1.54, 1.807) is 19.2 Å². The largest absolute Gasteiger partial charge is 0.482 e. The number of amides is 2. The van der Waals surface area contributed by atoms with Crippen molar-refractivity contribution in [2.24, 2.45) is 0 Å². The van der Waals surface area contributed by atoms with Crippen molar-refractivity contribution in [2.45, 2.75) is 38.1 Å². The number of hydrogen-bond acceptors (Lipinski definition) is 4. The van der Waals surface area contributed by atoms with Gasteiger partial charge in [0.1, 0.15) is 5.75 Å². The van der Waals surface area contributed by atoms with Gasteiger partial charge in [0.15, 0.2) is 6.61 Å². The lowest BCUT2D eigenvalue weighted by Crippen LogP contribution is -2.39. The Morgan fingerprint density at radius 3 is 2.64 bits per heavy atom. The molecule has 0 bridgehead atoms. The van der Waals surface area contributed by atoms with Crippen LogP contribution in [0.15, 0.2) is 18.2 Å². The summed E-state index contributed by atoms with van der Waals surface area (Å²) < 4.78 is 5.44. The van der Waals surface area contributed by atoms with E-state index in [0.717, 1.165) is 12.8 Å². The number of nitrogens with two attached hydrogens (primary N) is 1. The van der Waals surface area contributed by atoms with Crippen molar-refractivity contribution in [3.8, 4) is 5.75 Å². The Kier molecular flexibility index (Phi) is 5.63. The summed E-state index contributed by atoms with van der Waals surface area (Å²) in [7, 11) is 1.55. The maximum atomic E-state index is 11.9. The molecule has 6 heteroatoms. The molecule has 120 valence electrons. The summed E-state index contributed by atoms with van der Waals surface area (Å²) in [5.74, 6) is 0.0569. The highest BCUT2D eigenvalue weighted by molar-refractivity contribution is 5.95. The molecule has 0 spiro atoms. The van der Waals surface area contributed by atoms with Gasteiger partial charge < -0.3 is 21.1 Å². The number of carbonyl (C=O) groups is 2. The van der Waals surface area contributed by atoms with Crippen molar-refractivity contribution < 1.29 is 14.3 Å². The summed E-state index contributed by atoms with van der Waals surface area (Å²) >= 11 is 0. The van der Waals surface area contributed by atoms with E-state index in [2.05, 4.69) is 10.6 Å². The molecule has 6 nitrogen and oxygen atoms in total. The van der Waals surface area contributed by atoms with Crippen molar-refractivity contribution in [1.82, 2.24) is 10.6 Å². The SMILES string of the molecule is CNC(=O)c1ccc(OCC(=O)NC2CCCCC2)c(N)c1. The van der Waals surface area contributed by atoms with Gasteiger partial charge in [-0.05, 0) is 31.0 Å². The highest BCUT2D eigenvalue weighted by atomic mass is 16.5. The van der Waals surface area contributed by atoms with Gasteiger partial charge in [-0.2, -0.15) is 0 Å². The van der Waals surface area contributed by atoms with Crippen molar-refractivity contribution in [1.29, 1.82) is 0 Å². The van der Waals surface area contributed by atoms with Crippen LogP contribution in [0.4, 0.5) is 5.69 Å². The van der Waals surface area contributed by atoms with Crippen LogP contribution in [0.25, 0.3) is 0 Å². The molecule has 0 atom stereocenters. The van der Waals surface area contributed by atoms with Gasteiger partial charge in [-0.3, -0.25) is 9.59 Å². The fourth-order valence-electron chi connectivity index (χ4n) is 2.63. The third-order valence-corrected chi connectivity index (χ3v) is 3.83. The maximum Gasteiger partial charge on any atom is 0.258 e. The molecular weight excluding hydrogens is 282 g/mol. The monoisotopic (exact) mass is 305 g/mol. The van der Waals surface area contributed by atoms with E-state index in [0.29, 0.717) is 17.0 Å². The molecule has 1 fully saturated rings. The molecule has 1 aliphatic rings. The van der Waals surface area contributed by atoms with Crippen LogP contribution in [-0.2, 0) is 4.79 Å². The van der Waals surface area contributed by atoms with Crippen molar-refractivity contribution >= 4 is 17.5 Å². The molecule has 0 aromatic heterocycles. The highest BCUT2D eigenvalue weighted by Gasteiger charge is 2.16. The summed E-state index contributed by atoms with van der Waals surface area (Å²) in [6, 6.07) is 5.02. The molecule has 1 saturated carbocycles. The number of hydrogen-bond donors (Lipinski definition) is 3. The Bertz CT molecular complexity index is 539. The molecule has 1 aliphatic carbocycles. The number of ether oxygens (including phenoxy) is 1. The lowest BCUT2D eigenvalue weighted by Gasteiger charge is -2.22. The fraction of sp³-hybridized carbons (Fsp3) is 0.500. The van der Waals surface area contributed by atoms with Crippen LogP contribution in [0.5, 0.6) is 5.75 Å². The topological polar surface area (TPSA) is 93.4 Å². The summed E-state index contributed by atoms with van der Waals surface area (Å²) in [6.07, 6.45) is 5.65. The molecule has 22 heavy (non-hydrogen) atoms. The fourth-order valence-corrected chi connectivity index (χ4v) is 2.63. The number of nitrogens with one attached hydrogen (secondary N) is 2. The van der Waals surface area contributed by atoms with E-state index in [9.17, 15) is 9.59 Å². The quantitative estimate of drug-likeness (QED) is 0.718. The number of rotatable bonds is 5. The van der Waals surface area contributed by atoms with E-state index in [1.807, 2.05) is 0 Å². The van der Waals surface area contributed by atoms with Crippen LogP contribution in [-0.4, -0.2) is 31.5 Å². The van der Waals surface area contributed by atoms with Crippen LogP contribution < -0.4 is 21.1 Å². The molecule has 1 aromatic rings. The van der Waals surface area contributed by atoms with Gasteiger partial charge in [-0.15, -0.1) is 0 Å². The standard InChI is InChI=1S/C16H23N3O3/c1-18-16(21)11-7-8-14(13(17)9-11)22-10-15(20)19-12-5-3-2-4-6-12/h7-9,12H,2-6,10,17H2,1H3,(H,18,21)(H,19,20). The first-order valence-electron chi connectivity index (χ1n) is 7.64. The zero-order valence-corrected chi connectivity index (χ0v) is 12.9. The molecule has 4 N–H and O–H groups in total. The minimum atomic E-state index is -0.215. The average molecular weight is 305 g/mol. The van der Waals surface area contributed by atoms with Gasteiger partial charge in [0.25, 0.3) is 11.8 Å². The van der Waals surface area contributed by atoms with Gasteiger partial charge in [-0.25, -0.2) is 0 Å². The molecule has 1 aromatic carbocycles. The molecule has 0 heterocycles. The molecule has 0 unspecified atom stereocenters. The first kappa shape index (κ1) is 16.1. The third kappa shape index (κ3) is 4.38. The average Bonchev–Trinajstić information content (AvgIpc) is 2.53. The van der Waals surface area contributed by atoms with Crippen molar-refractivity contribution in [2.75, 3.05) is 19.4 Å². The molecule has 0 radical (unpaired) electrons. The predicted molar refractivity (Wildman–Crippen MR) is 84.8 cm³/mol. The zero-order valence-electron chi connectivity index (χ0n) is 12.9. The zero-order chi connectivity index (χ0) is 15.9. The molecule has 2 rings (SSSR count). The molecule has 2 amide bonds. The number of carbonyl (C=O) groups excluding carboxylic acids is 2. The molecule has 0 aliphatic heterocycles. The lowest BCUT2D eigenvalue weighted by atomic mass is 9.95. The van der Waals surface area contributed by atoms with Gasteiger partial charge in [0, 0.05) is 18.7 Å². The Hall–Kier alpha value is -2.24. The van der Waals surface area contributed by atoms with E-state index in [1.165, 1.54) is 25.3 Å². The van der Waals surface area contributed by atoms with Gasteiger partial charge in [-0.1, -0.05) is 19.3 Å². The summed E-state index contributed by atoms with van der Waals surface area (Å²) in [4.78, 5) is 23.4. The predicted octanol–water partition coefficient (Wildman–Crippen LogP) is 1.46. The Balaban J connectivity index is 1.85. The first-order valence-corrected chi connectivity index (χ1v) is 7.64. The van der Waals surface area contributed by atoms with Crippen LogP contribution in [0.1, 0.15) is 42.5 Å². The second-order valence-corrected chi connectivity index (χ2v) is 5.52. The summed E-state index contributed by atoms with van der Waals surface area (Å²) in [6.45, 7) is -0.0694. The van der Waals surface area contributed by atoms with Crippen LogP contribution in [0.3, 0.4) is 0 Å². The lowest BCUT2D eigenvalue weighted by molar-refractivity contribution is -0.124. The smallest absolute Gasteiger partial charge is 0.258 e. The second-order valence-electron chi connectivity index (χ2n) is 5.52. The summed E-state index contributed by atoms with van der Waals surface area (Å²) in [5, 5.41) is 5.50. The molecule has 0 saturated heterocycles. The Morgan fingerprint density at radius 2 is 2.00 bits per heavy atom. The van der Waals surface area contributed by atoms with Crippen LogP contribution >= 0.6 is 0 Å². The number of benzene rings is 1. The highest BCUT2D eigenvalue weighted by Crippen LogP contribution is 2.22. The second kappa shape index (κ2) is 7.68. The van der Waals surface area contributed by atoms with Crippen molar-refractivity contribution in [3.63, 3.8) is 0 Å². The Labute approximate surface area is 130 Å². The van der Waals surface area contributed by atoms with Gasteiger partial charge >= 0.3 is 0 Å². The van der Waals surface area contributed by atoms with Gasteiger partial charge in [0.05, 0.1) is 5.69 Å².